The van der Waals surface area contributed by atoms with Crippen LogP contribution in [0.5, 0.6) is 0 Å². The van der Waals surface area contributed by atoms with E-state index >= 15 is 0 Å². The Balaban J connectivity index is 2.07. The summed E-state index contributed by atoms with van der Waals surface area (Å²) in [7, 11) is 0. The van der Waals surface area contributed by atoms with E-state index in [1.807, 2.05) is 0 Å². The fourth-order valence-corrected chi connectivity index (χ4v) is 1.49. The summed E-state index contributed by atoms with van der Waals surface area (Å²) in [6.07, 6.45) is 3.40. The first-order chi connectivity index (χ1) is 8.16. The molecule has 0 bridgehead atoms. The van der Waals surface area contributed by atoms with Crippen LogP contribution in [0.1, 0.15) is 13.0 Å². The number of nitrogen functional groups attached to an aromatic ring is 1. The smallest absolute Gasteiger partial charge is 0.248 e. The van der Waals surface area contributed by atoms with Gasteiger partial charge in [0.15, 0.2) is 0 Å². The molecule has 2 rings (SSSR count). The summed E-state index contributed by atoms with van der Waals surface area (Å²) >= 11 is 0. The Morgan fingerprint density at radius 2 is 2.29 bits per heavy atom. The van der Waals surface area contributed by atoms with E-state index in [2.05, 4.69) is 10.4 Å². The molecule has 1 heterocycles. The number of carbonyl (C=O) groups excluding carboxylic acids is 1. The zero-order chi connectivity index (χ0) is 12.3. The van der Waals surface area contributed by atoms with Gasteiger partial charge in [-0.15, -0.1) is 0 Å². The summed E-state index contributed by atoms with van der Waals surface area (Å²) in [6, 6.07) is 8.50. The molecule has 1 atom stereocenters. The highest BCUT2D eigenvalue weighted by molar-refractivity contribution is 5.93. The quantitative estimate of drug-likeness (QED) is 0.788. The van der Waals surface area contributed by atoms with Gasteiger partial charge in [-0.25, -0.2) is 0 Å². The van der Waals surface area contributed by atoms with Gasteiger partial charge in [0.1, 0.15) is 6.04 Å². The number of nitrogens with zero attached hydrogens (tertiary/aromatic N) is 2. The number of carbonyl (C=O) groups is 1. The molecule has 0 saturated carbocycles. The Kier molecular flexibility index (Phi) is 3.09. The third kappa shape index (κ3) is 2.63. The second-order valence-electron chi connectivity index (χ2n) is 3.78. The van der Waals surface area contributed by atoms with Crippen LogP contribution in [-0.4, -0.2) is 15.7 Å². The van der Waals surface area contributed by atoms with Crippen LogP contribution in [0, 0.1) is 0 Å². The fraction of sp³-hybridized carbons (Fsp3) is 0.167. The maximum atomic E-state index is 11.9. The topological polar surface area (TPSA) is 72.9 Å². The molecule has 2 aromatic rings. The van der Waals surface area contributed by atoms with Crippen molar-refractivity contribution in [3.05, 3.63) is 42.7 Å². The van der Waals surface area contributed by atoms with Crippen LogP contribution in [0.4, 0.5) is 11.4 Å². The Labute approximate surface area is 99.2 Å². The van der Waals surface area contributed by atoms with Crippen molar-refractivity contribution in [3.8, 4) is 0 Å². The number of benzene rings is 1. The van der Waals surface area contributed by atoms with Crippen LogP contribution in [0.25, 0.3) is 0 Å². The first-order valence-corrected chi connectivity index (χ1v) is 5.32. The molecule has 88 valence electrons. The highest BCUT2D eigenvalue weighted by Gasteiger charge is 2.14. The zero-order valence-corrected chi connectivity index (χ0v) is 9.50. The lowest BCUT2D eigenvalue weighted by molar-refractivity contribution is -0.119. The fourth-order valence-electron chi connectivity index (χ4n) is 1.49. The van der Waals surface area contributed by atoms with Gasteiger partial charge < -0.3 is 11.1 Å². The summed E-state index contributed by atoms with van der Waals surface area (Å²) in [4.78, 5) is 11.9. The zero-order valence-electron chi connectivity index (χ0n) is 9.50. The molecule has 0 aliphatic heterocycles. The van der Waals surface area contributed by atoms with Gasteiger partial charge in [0.05, 0.1) is 0 Å². The second-order valence-corrected chi connectivity index (χ2v) is 3.78. The lowest BCUT2D eigenvalue weighted by Crippen LogP contribution is -2.23. The molecule has 0 unspecified atom stereocenters. The van der Waals surface area contributed by atoms with Crippen LogP contribution in [-0.2, 0) is 4.79 Å². The average molecular weight is 230 g/mol. The van der Waals surface area contributed by atoms with E-state index in [1.54, 1.807) is 54.3 Å². The highest BCUT2D eigenvalue weighted by atomic mass is 16.2. The average Bonchev–Trinajstić information content (AvgIpc) is 2.81. The molecule has 0 saturated heterocycles. The Hall–Kier alpha value is -2.30. The molecule has 0 aliphatic carbocycles. The molecule has 0 aliphatic rings. The van der Waals surface area contributed by atoms with Gasteiger partial charge in [-0.05, 0) is 31.2 Å². The van der Waals surface area contributed by atoms with Crippen molar-refractivity contribution in [2.45, 2.75) is 13.0 Å². The highest BCUT2D eigenvalue weighted by Crippen LogP contribution is 2.14. The van der Waals surface area contributed by atoms with E-state index in [4.69, 9.17) is 5.73 Å². The van der Waals surface area contributed by atoms with Crippen molar-refractivity contribution in [2.75, 3.05) is 11.1 Å². The predicted octanol–water partition coefficient (Wildman–Crippen LogP) is 1.66. The minimum atomic E-state index is -0.355. The molecule has 3 N–H and O–H groups in total. The number of aromatic nitrogens is 2. The van der Waals surface area contributed by atoms with E-state index < -0.39 is 0 Å². The number of hydrogen-bond acceptors (Lipinski definition) is 3. The molecule has 0 fully saturated rings. The first kappa shape index (κ1) is 11.2. The lowest BCUT2D eigenvalue weighted by atomic mass is 10.2. The molecular weight excluding hydrogens is 216 g/mol. The van der Waals surface area contributed by atoms with Crippen LogP contribution in [0.15, 0.2) is 42.7 Å². The second kappa shape index (κ2) is 4.69. The van der Waals surface area contributed by atoms with Crippen molar-refractivity contribution in [1.29, 1.82) is 0 Å². The van der Waals surface area contributed by atoms with Crippen molar-refractivity contribution < 1.29 is 4.79 Å². The molecule has 5 heteroatoms. The minimum Gasteiger partial charge on any atom is -0.399 e. The van der Waals surface area contributed by atoms with Gasteiger partial charge in [0.2, 0.25) is 5.91 Å². The Morgan fingerprint density at radius 1 is 1.47 bits per heavy atom. The first-order valence-electron chi connectivity index (χ1n) is 5.32. The van der Waals surface area contributed by atoms with Crippen molar-refractivity contribution in [3.63, 3.8) is 0 Å². The van der Waals surface area contributed by atoms with E-state index in [9.17, 15) is 4.79 Å². The van der Waals surface area contributed by atoms with Gasteiger partial charge in [0, 0.05) is 23.8 Å². The van der Waals surface area contributed by atoms with Crippen LogP contribution in [0.3, 0.4) is 0 Å². The van der Waals surface area contributed by atoms with Crippen molar-refractivity contribution >= 4 is 17.3 Å². The van der Waals surface area contributed by atoms with Gasteiger partial charge >= 0.3 is 0 Å². The van der Waals surface area contributed by atoms with Crippen LogP contribution in [0.2, 0.25) is 0 Å². The largest absolute Gasteiger partial charge is 0.399 e. The monoisotopic (exact) mass is 230 g/mol. The molecule has 1 aromatic heterocycles. The standard InChI is InChI=1S/C12H14N4O/c1-9(16-7-3-6-14-16)12(17)15-11-5-2-4-10(13)8-11/h2-9H,13H2,1H3,(H,15,17)/t9-/m0/s1. The van der Waals surface area contributed by atoms with E-state index in [1.165, 1.54) is 0 Å². The van der Waals surface area contributed by atoms with Crippen molar-refractivity contribution in [2.24, 2.45) is 0 Å². The maximum Gasteiger partial charge on any atom is 0.248 e. The summed E-state index contributed by atoms with van der Waals surface area (Å²) in [5.74, 6) is -0.126. The number of nitrogens with two attached hydrogens (primary N) is 1. The Bertz CT molecular complexity index is 507. The number of amides is 1. The minimum absolute atomic E-state index is 0.126. The van der Waals surface area contributed by atoms with E-state index in [-0.39, 0.29) is 11.9 Å². The number of hydrogen-bond donors (Lipinski definition) is 2. The third-order valence-corrected chi connectivity index (χ3v) is 2.46. The molecule has 1 amide bonds. The normalized spacial score (nSPS) is 12.1. The third-order valence-electron chi connectivity index (χ3n) is 2.46. The SMILES string of the molecule is C[C@@H](C(=O)Nc1cccc(N)c1)n1cccn1. The van der Waals surface area contributed by atoms with Crippen LogP contribution >= 0.6 is 0 Å². The molecule has 0 spiro atoms. The molecular formula is C12H14N4O. The summed E-state index contributed by atoms with van der Waals surface area (Å²) in [5.41, 5.74) is 6.95. The maximum absolute atomic E-state index is 11.9. The summed E-state index contributed by atoms with van der Waals surface area (Å²) < 4.78 is 1.60. The Morgan fingerprint density at radius 3 is 2.94 bits per heavy atom. The van der Waals surface area contributed by atoms with Gasteiger partial charge in [-0.2, -0.15) is 5.10 Å². The number of anilines is 2. The number of rotatable bonds is 3. The van der Waals surface area contributed by atoms with Crippen LogP contribution < -0.4 is 11.1 Å². The summed E-state index contributed by atoms with van der Waals surface area (Å²) in [6.45, 7) is 1.79. The molecule has 17 heavy (non-hydrogen) atoms. The summed E-state index contributed by atoms with van der Waals surface area (Å²) in [5, 5.41) is 6.82. The molecule has 1 aromatic carbocycles. The molecule has 5 nitrogen and oxygen atoms in total. The lowest BCUT2D eigenvalue weighted by Gasteiger charge is -2.12. The van der Waals surface area contributed by atoms with Gasteiger partial charge in [0.25, 0.3) is 0 Å². The predicted molar refractivity (Wildman–Crippen MR) is 66.4 cm³/mol. The van der Waals surface area contributed by atoms with Crippen molar-refractivity contribution in [1.82, 2.24) is 9.78 Å². The van der Waals surface area contributed by atoms with Gasteiger partial charge in [-0.1, -0.05) is 6.07 Å². The van der Waals surface area contributed by atoms with E-state index in [0.29, 0.717) is 11.4 Å². The molecule has 0 radical (unpaired) electrons. The number of nitrogens with one attached hydrogen (secondary N) is 1. The van der Waals surface area contributed by atoms with E-state index in [0.717, 1.165) is 0 Å². The van der Waals surface area contributed by atoms with Gasteiger partial charge in [-0.3, -0.25) is 9.48 Å².